The number of hydrogen-bond donors (Lipinski definition) is 1. The average Bonchev–Trinajstić information content (AvgIpc) is 2.73. The lowest BCUT2D eigenvalue weighted by atomic mass is 10.1. The molecule has 3 rings (SSSR count). The maximum atomic E-state index is 12.6. The summed E-state index contributed by atoms with van der Waals surface area (Å²) in [5.41, 5.74) is 2.01. The van der Waals surface area contributed by atoms with E-state index in [0.29, 0.717) is 30.0 Å². The van der Waals surface area contributed by atoms with E-state index in [9.17, 15) is 9.90 Å². The van der Waals surface area contributed by atoms with E-state index in [0.717, 1.165) is 24.8 Å². The number of alkyl halides is 1. The van der Waals surface area contributed by atoms with Crippen LogP contribution in [0.2, 0.25) is 0 Å². The van der Waals surface area contributed by atoms with Crippen molar-refractivity contribution in [3.05, 3.63) is 45.5 Å². The SMILES string of the molecule is CCl.COC1=C(c2c(O)n3n(c2=O)CCCC3)C=CCC(C)=C1. The summed E-state index contributed by atoms with van der Waals surface area (Å²) in [5.74, 6) is 0.666. The van der Waals surface area contributed by atoms with Crippen LogP contribution in [0.1, 0.15) is 31.7 Å². The van der Waals surface area contributed by atoms with E-state index in [1.54, 1.807) is 16.5 Å². The van der Waals surface area contributed by atoms with Crippen LogP contribution in [0.5, 0.6) is 5.88 Å². The van der Waals surface area contributed by atoms with Gasteiger partial charge in [0.05, 0.1) is 7.11 Å². The third kappa shape index (κ3) is 3.24. The van der Waals surface area contributed by atoms with E-state index in [1.165, 1.54) is 6.38 Å². The van der Waals surface area contributed by atoms with Crippen molar-refractivity contribution in [1.29, 1.82) is 0 Å². The second kappa shape index (κ2) is 7.59. The van der Waals surface area contributed by atoms with Crippen molar-refractivity contribution in [2.75, 3.05) is 13.5 Å². The van der Waals surface area contributed by atoms with Crippen molar-refractivity contribution in [3.63, 3.8) is 0 Å². The number of halogens is 1. The molecule has 0 bridgehead atoms. The van der Waals surface area contributed by atoms with E-state index < -0.39 is 0 Å². The highest BCUT2D eigenvalue weighted by molar-refractivity contribution is 6.15. The third-order valence-corrected chi connectivity index (χ3v) is 4.05. The smallest absolute Gasteiger partial charge is 0.278 e. The Morgan fingerprint density at radius 3 is 2.48 bits per heavy atom. The van der Waals surface area contributed by atoms with Gasteiger partial charge < -0.3 is 9.84 Å². The molecule has 1 aliphatic heterocycles. The summed E-state index contributed by atoms with van der Waals surface area (Å²) in [4.78, 5) is 12.6. The Hall–Kier alpha value is -1.88. The normalized spacial score (nSPS) is 17.0. The van der Waals surface area contributed by atoms with Gasteiger partial charge in [-0.1, -0.05) is 17.7 Å². The third-order valence-electron chi connectivity index (χ3n) is 4.05. The molecule has 5 nitrogen and oxygen atoms in total. The summed E-state index contributed by atoms with van der Waals surface area (Å²) >= 11 is 4.64. The van der Waals surface area contributed by atoms with Gasteiger partial charge in [0.25, 0.3) is 5.56 Å². The van der Waals surface area contributed by atoms with Crippen LogP contribution in [-0.4, -0.2) is 28.0 Å². The molecule has 6 heteroatoms. The van der Waals surface area contributed by atoms with Crippen molar-refractivity contribution in [2.24, 2.45) is 0 Å². The lowest BCUT2D eigenvalue weighted by molar-refractivity contribution is 0.303. The van der Waals surface area contributed by atoms with Gasteiger partial charge in [-0.15, -0.1) is 11.6 Å². The zero-order valence-electron chi connectivity index (χ0n) is 13.8. The van der Waals surface area contributed by atoms with E-state index in [2.05, 4.69) is 11.6 Å². The highest BCUT2D eigenvalue weighted by Crippen LogP contribution is 2.31. The van der Waals surface area contributed by atoms with Gasteiger partial charge in [0.15, 0.2) is 0 Å². The van der Waals surface area contributed by atoms with Crippen molar-refractivity contribution in [2.45, 2.75) is 39.3 Å². The van der Waals surface area contributed by atoms with Crippen LogP contribution in [0.15, 0.2) is 34.4 Å². The van der Waals surface area contributed by atoms with E-state index in [1.807, 2.05) is 25.2 Å². The summed E-state index contributed by atoms with van der Waals surface area (Å²) < 4.78 is 8.74. The Morgan fingerprint density at radius 2 is 1.87 bits per heavy atom. The molecule has 1 N–H and O–H groups in total. The van der Waals surface area contributed by atoms with Gasteiger partial charge in [0.1, 0.15) is 11.3 Å². The lowest BCUT2D eigenvalue weighted by Gasteiger charge is -2.16. The summed E-state index contributed by atoms with van der Waals surface area (Å²) in [5, 5.41) is 10.5. The second-order valence-corrected chi connectivity index (χ2v) is 5.54. The average molecular weight is 339 g/mol. The fourth-order valence-electron chi connectivity index (χ4n) is 2.97. The van der Waals surface area contributed by atoms with Crippen LogP contribution in [0.25, 0.3) is 5.57 Å². The molecule has 0 unspecified atom stereocenters. The fourth-order valence-corrected chi connectivity index (χ4v) is 2.97. The molecule has 2 heterocycles. The summed E-state index contributed by atoms with van der Waals surface area (Å²) in [6, 6.07) is 0. The zero-order valence-corrected chi connectivity index (χ0v) is 14.6. The second-order valence-electron chi connectivity index (χ2n) is 5.54. The van der Waals surface area contributed by atoms with Crippen LogP contribution in [-0.2, 0) is 17.8 Å². The number of aromatic hydroxyl groups is 1. The molecule has 0 saturated carbocycles. The standard InChI is InChI=1S/C16H20N2O3.CH3Cl/c1-11-6-5-7-12(13(10-11)21-2)14-15(19)17-8-3-4-9-18(17)16(14)20;1-2/h5,7,10,19H,3-4,6,8-9H2,1-2H3;1H3. The van der Waals surface area contributed by atoms with Crippen molar-refractivity contribution < 1.29 is 9.84 Å². The molecule has 0 amide bonds. The van der Waals surface area contributed by atoms with Gasteiger partial charge in [0.2, 0.25) is 5.88 Å². The molecule has 1 aliphatic carbocycles. The molecular weight excluding hydrogens is 316 g/mol. The van der Waals surface area contributed by atoms with Crippen LogP contribution in [0.3, 0.4) is 0 Å². The van der Waals surface area contributed by atoms with Gasteiger partial charge >= 0.3 is 0 Å². The monoisotopic (exact) mass is 338 g/mol. The number of hydrogen-bond acceptors (Lipinski definition) is 3. The Balaban J connectivity index is 0.000000924. The van der Waals surface area contributed by atoms with E-state index in [-0.39, 0.29) is 11.4 Å². The first-order valence-corrected chi connectivity index (χ1v) is 8.41. The minimum atomic E-state index is -0.144. The predicted molar refractivity (Wildman–Crippen MR) is 92.8 cm³/mol. The Morgan fingerprint density at radius 1 is 1.22 bits per heavy atom. The summed E-state index contributed by atoms with van der Waals surface area (Å²) in [6.45, 7) is 3.35. The Labute approximate surface area is 141 Å². The van der Waals surface area contributed by atoms with E-state index in [4.69, 9.17) is 4.74 Å². The minimum Gasteiger partial charge on any atom is -0.496 e. The molecule has 0 aromatic carbocycles. The van der Waals surface area contributed by atoms with Gasteiger partial charge in [-0.3, -0.25) is 9.48 Å². The molecular formula is C17H23ClN2O3. The number of rotatable bonds is 2. The number of nitrogens with zero attached hydrogens (tertiary/aromatic N) is 2. The maximum absolute atomic E-state index is 12.6. The first-order chi connectivity index (χ1) is 11.1. The zero-order chi connectivity index (χ0) is 17.0. The minimum absolute atomic E-state index is 0.0434. The number of allylic oxidation sites excluding steroid dienone is 5. The molecule has 0 fully saturated rings. The van der Waals surface area contributed by atoms with E-state index >= 15 is 0 Å². The van der Waals surface area contributed by atoms with Crippen LogP contribution in [0, 0.1) is 0 Å². The Bertz CT molecular complexity index is 723. The van der Waals surface area contributed by atoms with Crippen LogP contribution in [0.4, 0.5) is 0 Å². The fraction of sp³-hybridized carbons (Fsp3) is 0.471. The maximum Gasteiger partial charge on any atom is 0.278 e. The number of methoxy groups -OCH3 is 1. The lowest BCUT2D eigenvalue weighted by Crippen LogP contribution is -2.27. The van der Waals surface area contributed by atoms with Crippen LogP contribution < -0.4 is 5.56 Å². The summed E-state index contributed by atoms with van der Waals surface area (Å²) in [6.07, 6.45) is 10.0. The summed E-state index contributed by atoms with van der Waals surface area (Å²) in [7, 11) is 1.59. The molecule has 0 spiro atoms. The van der Waals surface area contributed by atoms with Crippen molar-refractivity contribution >= 4 is 17.2 Å². The molecule has 1 aromatic rings. The predicted octanol–water partition coefficient (Wildman–Crippen LogP) is 3.27. The molecule has 23 heavy (non-hydrogen) atoms. The topological polar surface area (TPSA) is 56.4 Å². The molecule has 0 saturated heterocycles. The molecule has 0 atom stereocenters. The van der Waals surface area contributed by atoms with Crippen molar-refractivity contribution in [1.82, 2.24) is 9.36 Å². The molecule has 1 aromatic heterocycles. The Kier molecular flexibility index (Phi) is 5.77. The molecule has 126 valence electrons. The first-order valence-electron chi connectivity index (χ1n) is 7.66. The van der Waals surface area contributed by atoms with Crippen LogP contribution >= 0.6 is 11.6 Å². The highest BCUT2D eigenvalue weighted by atomic mass is 35.5. The number of aromatic nitrogens is 2. The largest absolute Gasteiger partial charge is 0.496 e. The quantitative estimate of drug-likeness (QED) is 0.842. The highest BCUT2D eigenvalue weighted by Gasteiger charge is 2.25. The first kappa shape index (κ1) is 17.5. The van der Waals surface area contributed by atoms with Gasteiger partial charge in [-0.05, 0) is 32.3 Å². The number of fused-ring (bicyclic) bond motifs is 1. The van der Waals surface area contributed by atoms with Gasteiger partial charge in [0, 0.05) is 25.0 Å². The number of ether oxygens (including phenoxy) is 1. The molecule has 2 aliphatic rings. The van der Waals surface area contributed by atoms with Crippen molar-refractivity contribution in [3.8, 4) is 5.88 Å². The molecule has 0 radical (unpaired) electrons. The van der Waals surface area contributed by atoms with Gasteiger partial charge in [-0.25, -0.2) is 4.68 Å². The van der Waals surface area contributed by atoms with Gasteiger partial charge in [-0.2, -0.15) is 0 Å².